The Morgan fingerprint density at radius 1 is 1.17 bits per heavy atom. The molecule has 5 heteroatoms. The summed E-state index contributed by atoms with van der Waals surface area (Å²) in [6.45, 7) is 1.01. The number of nitrogens with one attached hydrogen (secondary N) is 1. The van der Waals surface area contributed by atoms with Gasteiger partial charge in [-0.05, 0) is 36.2 Å². The number of para-hydroxylation sites is 1. The van der Waals surface area contributed by atoms with Crippen LogP contribution in [-0.2, 0) is 11.3 Å². The van der Waals surface area contributed by atoms with Gasteiger partial charge >= 0.3 is 0 Å². The smallest absolute Gasteiger partial charge is 0.239 e. The molecule has 1 aliphatic heterocycles. The van der Waals surface area contributed by atoms with Crippen molar-refractivity contribution in [3.05, 3.63) is 60.2 Å². The molecule has 0 spiro atoms. The summed E-state index contributed by atoms with van der Waals surface area (Å²) < 4.78 is 5.76. The number of β-amino-alcohol motifs (C(OH)–C–C–N with tert-alkyl or cyclic N) is 1. The molecule has 2 aromatic rings. The average molecular weight is 326 g/mol. The quantitative estimate of drug-likeness (QED) is 0.884. The number of likely N-dealkylation sites (N-methyl/N-ethyl adjacent to an activating group) is 1. The Morgan fingerprint density at radius 3 is 2.46 bits per heavy atom. The first-order valence-corrected chi connectivity index (χ1v) is 8.10. The predicted molar refractivity (Wildman–Crippen MR) is 91.8 cm³/mol. The van der Waals surface area contributed by atoms with Crippen LogP contribution >= 0.6 is 0 Å². The Labute approximate surface area is 141 Å². The van der Waals surface area contributed by atoms with Crippen LogP contribution in [0.3, 0.4) is 0 Å². The van der Waals surface area contributed by atoms with Crippen molar-refractivity contribution in [3.8, 4) is 11.5 Å². The molecule has 2 aromatic carbocycles. The Morgan fingerprint density at radius 2 is 1.83 bits per heavy atom. The topological polar surface area (TPSA) is 61.8 Å². The van der Waals surface area contributed by atoms with Gasteiger partial charge in [-0.15, -0.1) is 0 Å². The molecule has 2 atom stereocenters. The number of benzene rings is 2. The van der Waals surface area contributed by atoms with Crippen LogP contribution in [0.4, 0.5) is 0 Å². The molecule has 2 N–H and O–H groups in total. The van der Waals surface area contributed by atoms with E-state index in [1.54, 1.807) is 11.9 Å². The number of carbonyl (C=O) groups excluding carboxylic acids is 1. The van der Waals surface area contributed by atoms with E-state index in [0.29, 0.717) is 19.5 Å². The van der Waals surface area contributed by atoms with Gasteiger partial charge in [-0.1, -0.05) is 30.3 Å². The van der Waals surface area contributed by atoms with Crippen molar-refractivity contribution in [2.75, 3.05) is 13.6 Å². The van der Waals surface area contributed by atoms with Crippen molar-refractivity contribution in [2.45, 2.75) is 25.1 Å². The molecular formula is C19H22N2O3. The van der Waals surface area contributed by atoms with Crippen LogP contribution in [0.25, 0.3) is 0 Å². The second kappa shape index (κ2) is 7.47. The summed E-state index contributed by atoms with van der Waals surface area (Å²) in [5.41, 5.74) is 1.03. The van der Waals surface area contributed by atoms with Crippen molar-refractivity contribution in [1.82, 2.24) is 10.2 Å². The highest BCUT2D eigenvalue weighted by Crippen LogP contribution is 2.21. The molecule has 0 saturated carbocycles. The van der Waals surface area contributed by atoms with Gasteiger partial charge in [0.2, 0.25) is 5.91 Å². The van der Waals surface area contributed by atoms with E-state index in [1.807, 2.05) is 54.6 Å². The summed E-state index contributed by atoms with van der Waals surface area (Å²) in [4.78, 5) is 14.0. The summed E-state index contributed by atoms with van der Waals surface area (Å²) in [6, 6.07) is 17.0. The third-order valence-electron chi connectivity index (χ3n) is 4.10. The Bertz CT molecular complexity index is 673. The molecule has 0 aliphatic carbocycles. The molecule has 1 amide bonds. The average Bonchev–Trinajstić information content (AvgIpc) is 3.03. The Kier molecular flexibility index (Phi) is 5.13. The maximum atomic E-state index is 12.3. The first-order valence-electron chi connectivity index (χ1n) is 8.10. The maximum absolute atomic E-state index is 12.3. The van der Waals surface area contributed by atoms with Gasteiger partial charge in [0.25, 0.3) is 0 Å². The highest BCUT2D eigenvalue weighted by molar-refractivity contribution is 5.82. The lowest BCUT2D eigenvalue weighted by Gasteiger charge is -2.21. The first kappa shape index (κ1) is 16.5. The van der Waals surface area contributed by atoms with Crippen molar-refractivity contribution in [2.24, 2.45) is 0 Å². The molecule has 126 valence electrons. The van der Waals surface area contributed by atoms with Gasteiger partial charge in [-0.25, -0.2) is 0 Å². The van der Waals surface area contributed by atoms with Crippen LogP contribution in [0.2, 0.25) is 0 Å². The fourth-order valence-corrected chi connectivity index (χ4v) is 2.81. The first-order chi connectivity index (χ1) is 11.6. The van der Waals surface area contributed by atoms with Crippen LogP contribution in [-0.4, -0.2) is 41.7 Å². The van der Waals surface area contributed by atoms with E-state index in [0.717, 1.165) is 17.1 Å². The largest absolute Gasteiger partial charge is 0.457 e. The molecule has 0 aromatic heterocycles. The molecular weight excluding hydrogens is 304 g/mol. The number of ether oxygens (including phenoxy) is 1. The second-order valence-electron chi connectivity index (χ2n) is 6.10. The molecule has 3 rings (SSSR count). The molecule has 1 unspecified atom stereocenters. The number of aliphatic hydroxyl groups is 1. The highest BCUT2D eigenvalue weighted by atomic mass is 16.5. The van der Waals surface area contributed by atoms with Crippen molar-refractivity contribution in [1.29, 1.82) is 0 Å². The summed E-state index contributed by atoms with van der Waals surface area (Å²) in [5, 5.41) is 12.6. The van der Waals surface area contributed by atoms with Gasteiger partial charge < -0.3 is 20.1 Å². The lowest BCUT2D eigenvalue weighted by Crippen LogP contribution is -2.41. The van der Waals surface area contributed by atoms with Crippen LogP contribution < -0.4 is 10.1 Å². The third kappa shape index (κ3) is 4.13. The fraction of sp³-hybridized carbons (Fsp3) is 0.316. The highest BCUT2D eigenvalue weighted by Gasteiger charge is 2.29. The number of amides is 1. The lowest BCUT2D eigenvalue weighted by molar-refractivity contribution is -0.132. The molecule has 1 aliphatic rings. The van der Waals surface area contributed by atoms with Gasteiger partial charge in [0.05, 0.1) is 12.1 Å². The Hall–Kier alpha value is -2.37. The van der Waals surface area contributed by atoms with E-state index < -0.39 is 6.10 Å². The molecule has 1 fully saturated rings. The number of rotatable bonds is 5. The van der Waals surface area contributed by atoms with Gasteiger partial charge in [0.1, 0.15) is 11.5 Å². The number of hydrogen-bond donors (Lipinski definition) is 2. The van der Waals surface area contributed by atoms with E-state index in [2.05, 4.69) is 5.32 Å². The minimum absolute atomic E-state index is 0.0103. The van der Waals surface area contributed by atoms with Gasteiger partial charge in [0, 0.05) is 20.1 Å². The minimum atomic E-state index is -0.429. The number of hydrogen-bond acceptors (Lipinski definition) is 4. The predicted octanol–water partition coefficient (Wildman–Crippen LogP) is 2.16. The normalized spacial score (nSPS) is 19.9. The minimum Gasteiger partial charge on any atom is -0.457 e. The van der Waals surface area contributed by atoms with Crippen LogP contribution in [0.5, 0.6) is 11.5 Å². The molecule has 0 bridgehead atoms. The van der Waals surface area contributed by atoms with Crippen LogP contribution in [0.1, 0.15) is 12.0 Å². The van der Waals surface area contributed by atoms with Crippen LogP contribution in [0, 0.1) is 0 Å². The van der Waals surface area contributed by atoms with E-state index in [9.17, 15) is 9.90 Å². The molecule has 0 radical (unpaired) electrons. The second-order valence-corrected chi connectivity index (χ2v) is 6.10. The van der Waals surface area contributed by atoms with Crippen molar-refractivity contribution < 1.29 is 14.6 Å². The summed E-state index contributed by atoms with van der Waals surface area (Å²) >= 11 is 0. The molecule has 5 nitrogen and oxygen atoms in total. The lowest BCUT2D eigenvalue weighted by atomic mass is 10.1. The fourth-order valence-electron chi connectivity index (χ4n) is 2.81. The van der Waals surface area contributed by atoms with E-state index in [1.165, 1.54) is 0 Å². The molecule has 1 heterocycles. The van der Waals surface area contributed by atoms with Crippen molar-refractivity contribution >= 4 is 5.91 Å². The SMILES string of the molecule is CN(Cc1ccc(Oc2ccccc2)cc1)C(=O)C1C[C@@H](O)CN1. The number of carbonyl (C=O) groups is 1. The monoisotopic (exact) mass is 326 g/mol. The zero-order chi connectivity index (χ0) is 16.9. The Balaban J connectivity index is 1.56. The zero-order valence-corrected chi connectivity index (χ0v) is 13.7. The molecule has 1 saturated heterocycles. The maximum Gasteiger partial charge on any atom is 0.239 e. The third-order valence-corrected chi connectivity index (χ3v) is 4.10. The van der Waals surface area contributed by atoms with E-state index in [4.69, 9.17) is 4.74 Å². The van der Waals surface area contributed by atoms with E-state index >= 15 is 0 Å². The van der Waals surface area contributed by atoms with Gasteiger partial charge in [0.15, 0.2) is 0 Å². The summed E-state index contributed by atoms with van der Waals surface area (Å²) in [6.07, 6.45) is 0.0503. The number of nitrogens with zero attached hydrogens (tertiary/aromatic N) is 1. The molecule has 24 heavy (non-hydrogen) atoms. The zero-order valence-electron chi connectivity index (χ0n) is 13.7. The van der Waals surface area contributed by atoms with E-state index in [-0.39, 0.29) is 11.9 Å². The van der Waals surface area contributed by atoms with Crippen LogP contribution in [0.15, 0.2) is 54.6 Å². The summed E-state index contributed by atoms with van der Waals surface area (Å²) in [7, 11) is 1.78. The van der Waals surface area contributed by atoms with Gasteiger partial charge in [-0.2, -0.15) is 0 Å². The van der Waals surface area contributed by atoms with Crippen molar-refractivity contribution in [3.63, 3.8) is 0 Å². The van der Waals surface area contributed by atoms with Gasteiger partial charge in [-0.3, -0.25) is 4.79 Å². The summed E-state index contributed by atoms with van der Waals surface area (Å²) in [5.74, 6) is 1.57. The number of aliphatic hydroxyl groups excluding tert-OH is 1. The standard InChI is InChI=1S/C19H22N2O3/c1-21(19(23)18-11-15(22)12-20-18)13-14-7-9-17(10-8-14)24-16-5-3-2-4-6-16/h2-10,15,18,20,22H,11-13H2,1H3/t15-,18?/m1/s1.